The molecule has 2 saturated heterocycles. The normalized spacial score (nSPS) is 23.0. The first-order valence-electron chi connectivity index (χ1n) is 9.39. The van der Waals surface area contributed by atoms with Crippen molar-refractivity contribution in [1.82, 2.24) is 19.6 Å². The second kappa shape index (κ2) is 7.01. The maximum atomic E-state index is 13.4. The molecule has 0 bridgehead atoms. The molecule has 0 N–H and O–H groups in total. The fourth-order valence-corrected chi connectivity index (χ4v) is 4.19. The van der Waals surface area contributed by atoms with Gasteiger partial charge in [0.2, 0.25) is 11.8 Å². The number of carbonyl (C=O) groups excluding carboxylic acids is 2. The third-order valence-corrected chi connectivity index (χ3v) is 5.87. The number of likely N-dealkylation sites (tertiary alicyclic amines) is 1. The minimum atomic E-state index is -0.333. The summed E-state index contributed by atoms with van der Waals surface area (Å²) in [5.41, 5.74) is 1.18. The van der Waals surface area contributed by atoms with Crippen molar-refractivity contribution < 1.29 is 14.0 Å². The quantitative estimate of drug-likeness (QED) is 0.793. The van der Waals surface area contributed by atoms with Crippen molar-refractivity contribution in [3.8, 4) is 0 Å². The van der Waals surface area contributed by atoms with E-state index in [2.05, 4.69) is 10.00 Å². The highest BCUT2D eigenvalue weighted by molar-refractivity contribution is 5.95. The molecule has 8 heteroatoms. The highest BCUT2D eigenvalue weighted by Gasteiger charge is 2.48. The van der Waals surface area contributed by atoms with Gasteiger partial charge in [-0.1, -0.05) is 12.1 Å². The zero-order chi connectivity index (χ0) is 19.9. The van der Waals surface area contributed by atoms with E-state index >= 15 is 0 Å². The highest BCUT2D eigenvalue weighted by Crippen LogP contribution is 2.33. The average molecular weight is 385 g/mol. The van der Waals surface area contributed by atoms with Crippen molar-refractivity contribution in [2.75, 3.05) is 38.1 Å². The van der Waals surface area contributed by atoms with Crippen LogP contribution in [0, 0.1) is 5.82 Å². The Balaban J connectivity index is 1.49. The molecular formula is C20H24FN5O2. The molecule has 2 aliphatic rings. The Kier molecular flexibility index (Phi) is 4.66. The summed E-state index contributed by atoms with van der Waals surface area (Å²) in [4.78, 5) is 31.0. The van der Waals surface area contributed by atoms with Gasteiger partial charge in [0.05, 0.1) is 30.4 Å². The monoisotopic (exact) mass is 385 g/mol. The van der Waals surface area contributed by atoms with E-state index in [4.69, 9.17) is 0 Å². The molecule has 1 spiro atoms. The number of carbonyl (C=O) groups is 2. The summed E-state index contributed by atoms with van der Waals surface area (Å²) in [7, 11) is 3.77. The summed E-state index contributed by atoms with van der Waals surface area (Å²) in [5, 5.41) is 4.17. The zero-order valence-electron chi connectivity index (χ0n) is 16.1. The molecule has 0 unspecified atom stereocenters. The van der Waals surface area contributed by atoms with Gasteiger partial charge < -0.3 is 9.80 Å². The second-order valence-electron chi connectivity index (χ2n) is 7.80. The minimum absolute atomic E-state index is 0.0132. The van der Waals surface area contributed by atoms with Crippen LogP contribution in [0.25, 0.3) is 0 Å². The molecule has 2 aliphatic heterocycles. The molecule has 4 rings (SSSR count). The number of halogens is 1. The first-order valence-corrected chi connectivity index (χ1v) is 9.39. The lowest BCUT2D eigenvalue weighted by molar-refractivity contribution is -0.130. The first-order chi connectivity index (χ1) is 13.4. The number of likely N-dealkylation sites (N-methyl/N-ethyl adjacent to an activating group) is 1. The van der Waals surface area contributed by atoms with Crippen LogP contribution in [-0.2, 0) is 23.1 Å². The number of aromatic nitrogens is 2. The topological polar surface area (TPSA) is 61.7 Å². The van der Waals surface area contributed by atoms with Crippen LogP contribution in [0.4, 0.5) is 10.1 Å². The second-order valence-corrected chi connectivity index (χ2v) is 7.80. The number of hydrogen-bond acceptors (Lipinski definition) is 4. The Morgan fingerprint density at radius 2 is 2.11 bits per heavy atom. The van der Waals surface area contributed by atoms with Gasteiger partial charge in [0, 0.05) is 32.9 Å². The van der Waals surface area contributed by atoms with Crippen LogP contribution < -0.4 is 4.90 Å². The number of amides is 2. The predicted octanol–water partition coefficient (Wildman–Crippen LogP) is 1.05. The van der Waals surface area contributed by atoms with Gasteiger partial charge in [0.1, 0.15) is 5.82 Å². The Hall–Kier alpha value is -2.74. The van der Waals surface area contributed by atoms with Gasteiger partial charge in [0.25, 0.3) is 0 Å². The summed E-state index contributed by atoms with van der Waals surface area (Å²) in [6, 6.07) is 6.16. The fourth-order valence-electron chi connectivity index (χ4n) is 4.19. The van der Waals surface area contributed by atoms with E-state index in [1.807, 2.05) is 25.2 Å². The van der Waals surface area contributed by atoms with Crippen LogP contribution >= 0.6 is 0 Å². The first kappa shape index (κ1) is 18.6. The molecule has 1 atom stereocenters. The van der Waals surface area contributed by atoms with Gasteiger partial charge >= 0.3 is 0 Å². The summed E-state index contributed by atoms with van der Waals surface area (Å²) in [5.74, 6) is -0.313. The molecule has 3 heterocycles. The molecule has 1 aromatic heterocycles. The van der Waals surface area contributed by atoms with Crippen molar-refractivity contribution in [2.45, 2.75) is 18.4 Å². The van der Waals surface area contributed by atoms with E-state index in [1.54, 1.807) is 27.9 Å². The van der Waals surface area contributed by atoms with Crippen molar-refractivity contribution >= 4 is 17.5 Å². The molecule has 148 valence electrons. The van der Waals surface area contributed by atoms with Crippen molar-refractivity contribution in [1.29, 1.82) is 0 Å². The SMILES string of the molecule is CN1CC(=O)N(c2cnn(C)c2)C[C@]12CCN(C(=O)Cc1cccc(F)c1)C2. The lowest BCUT2D eigenvalue weighted by Gasteiger charge is -2.46. The number of hydrogen-bond donors (Lipinski definition) is 0. The van der Waals surface area contributed by atoms with E-state index < -0.39 is 0 Å². The van der Waals surface area contributed by atoms with E-state index in [-0.39, 0.29) is 29.6 Å². The Bertz CT molecular complexity index is 914. The molecule has 7 nitrogen and oxygen atoms in total. The molecule has 1 aromatic carbocycles. The number of piperazine rings is 1. The third-order valence-electron chi connectivity index (χ3n) is 5.87. The van der Waals surface area contributed by atoms with Crippen molar-refractivity contribution in [3.63, 3.8) is 0 Å². The van der Waals surface area contributed by atoms with E-state index in [0.29, 0.717) is 31.7 Å². The van der Waals surface area contributed by atoms with Gasteiger partial charge in [-0.2, -0.15) is 5.10 Å². The number of anilines is 1. The van der Waals surface area contributed by atoms with Gasteiger partial charge in [-0.05, 0) is 31.2 Å². The average Bonchev–Trinajstić information content (AvgIpc) is 3.26. The van der Waals surface area contributed by atoms with Crippen molar-refractivity contribution in [3.05, 3.63) is 48.0 Å². The number of aryl methyl sites for hydroxylation is 1. The smallest absolute Gasteiger partial charge is 0.241 e. The zero-order valence-corrected chi connectivity index (χ0v) is 16.1. The Labute approximate surface area is 163 Å². The van der Waals surface area contributed by atoms with Gasteiger partial charge in [-0.25, -0.2) is 4.39 Å². The van der Waals surface area contributed by atoms with Gasteiger partial charge in [0.15, 0.2) is 0 Å². The molecule has 2 amide bonds. The largest absolute Gasteiger partial charge is 0.340 e. The van der Waals surface area contributed by atoms with Gasteiger partial charge in [-0.3, -0.25) is 19.2 Å². The van der Waals surface area contributed by atoms with Crippen LogP contribution in [0.3, 0.4) is 0 Å². The highest BCUT2D eigenvalue weighted by atomic mass is 19.1. The standard InChI is InChI=1S/C20H24FN5O2/c1-23-12-19(28)26(17-10-22-24(2)11-17)14-20(23)6-7-25(13-20)18(27)9-15-4-3-5-16(21)8-15/h3-5,8,10-11H,6-7,9,12-14H2,1-2H3/t20-/m1/s1. The molecule has 0 saturated carbocycles. The Morgan fingerprint density at radius 1 is 1.29 bits per heavy atom. The van der Waals surface area contributed by atoms with Crippen LogP contribution in [0.1, 0.15) is 12.0 Å². The third kappa shape index (κ3) is 3.40. The van der Waals surface area contributed by atoms with Crippen LogP contribution in [-0.4, -0.2) is 70.2 Å². The lowest BCUT2D eigenvalue weighted by Crippen LogP contribution is -2.64. The van der Waals surface area contributed by atoms with Crippen LogP contribution in [0.15, 0.2) is 36.7 Å². The summed E-state index contributed by atoms with van der Waals surface area (Å²) < 4.78 is 15.1. The fraction of sp³-hybridized carbons (Fsp3) is 0.450. The number of rotatable bonds is 3. The van der Waals surface area contributed by atoms with E-state index in [0.717, 1.165) is 12.1 Å². The molecule has 2 fully saturated rings. The predicted molar refractivity (Wildman–Crippen MR) is 102 cm³/mol. The van der Waals surface area contributed by atoms with E-state index in [1.165, 1.54) is 12.1 Å². The van der Waals surface area contributed by atoms with Gasteiger partial charge in [-0.15, -0.1) is 0 Å². The summed E-state index contributed by atoms with van der Waals surface area (Å²) >= 11 is 0. The minimum Gasteiger partial charge on any atom is -0.340 e. The molecule has 0 aliphatic carbocycles. The molecule has 28 heavy (non-hydrogen) atoms. The molecule has 0 radical (unpaired) electrons. The number of benzene rings is 1. The van der Waals surface area contributed by atoms with E-state index in [9.17, 15) is 14.0 Å². The lowest BCUT2D eigenvalue weighted by atomic mass is 9.93. The molecular weight excluding hydrogens is 361 g/mol. The number of nitrogens with zero attached hydrogens (tertiary/aromatic N) is 5. The summed E-state index contributed by atoms with van der Waals surface area (Å²) in [6.45, 7) is 2.02. The van der Waals surface area contributed by atoms with Crippen LogP contribution in [0.5, 0.6) is 0 Å². The maximum Gasteiger partial charge on any atom is 0.241 e. The Morgan fingerprint density at radius 3 is 2.82 bits per heavy atom. The maximum absolute atomic E-state index is 13.4. The van der Waals surface area contributed by atoms with Crippen molar-refractivity contribution in [2.24, 2.45) is 7.05 Å². The summed E-state index contributed by atoms with van der Waals surface area (Å²) in [6.07, 6.45) is 4.50. The van der Waals surface area contributed by atoms with Crippen LogP contribution in [0.2, 0.25) is 0 Å². The molecule has 2 aromatic rings.